The number of rotatable bonds is 13. The highest BCUT2D eigenvalue weighted by Crippen LogP contribution is 2.25. The Morgan fingerprint density at radius 3 is 2.10 bits per heavy atom. The van der Waals surface area contributed by atoms with E-state index in [0.717, 1.165) is 49.6 Å². The molecule has 2 heterocycles. The van der Waals surface area contributed by atoms with Crippen molar-refractivity contribution in [2.24, 2.45) is 5.73 Å². The Kier molecular flexibility index (Phi) is 11.3. The molecule has 0 aliphatic heterocycles. The fourth-order valence-corrected chi connectivity index (χ4v) is 5.18. The molecule has 2 aromatic heterocycles. The minimum Gasteiger partial charge on any atom is -1.00 e. The van der Waals surface area contributed by atoms with Crippen molar-refractivity contribution < 1.29 is 21.8 Å². The molecule has 0 radical (unpaired) electrons. The number of hydrogen-bond donors (Lipinski definition) is 3. The van der Waals surface area contributed by atoms with Gasteiger partial charge in [0.05, 0.1) is 18.7 Å². The predicted octanol–water partition coefficient (Wildman–Crippen LogP) is -0.473. The molecule has 1 amide bonds. The third kappa shape index (κ3) is 7.67. The Bertz CT molecular complexity index is 1410. The van der Waals surface area contributed by atoms with Crippen molar-refractivity contribution in [1.82, 2.24) is 20.4 Å². The molecule has 2 aromatic carbocycles. The van der Waals surface area contributed by atoms with Crippen molar-refractivity contribution in [2.75, 3.05) is 64.2 Å². The largest absolute Gasteiger partial charge is 1.00 e. The number of anilines is 2. The van der Waals surface area contributed by atoms with E-state index in [9.17, 15) is 4.79 Å². The van der Waals surface area contributed by atoms with Gasteiger partial charge in [-0.25, -0.2) is 0 Å². The average Bonchev–Trinajstić information content (AvgIpc) is 3.19. The van der Waals surface area contributed by atoms with E-state index < -0.39 is 0 Å². The molecule has 4 N–H and O–H groups in total. The van der Waals surface area contributed by atoms with Crippen LogP contribution in [0.5, 0.6) is 0 Å². The standard InChI is InChI=1S/C31H44N8O.ClH/c1-22-28(23(2)39(35-22)17-15-33-14-12-32)21-31(40)34-13-7-16-38-29-19-26(36(3)4)10-8-24(29)18-25-9-11-27(37(5)6)20-30(25)38;/h8-11,18-20,33H,7,12-17,21,32H2,1-6H3;1H. The van der Waals surface area contributed by atoms with Crippen LogP contribution in [0.3, 0.4) is 0 Å². The second-order valence-electron chi connectivity index (χ2n) is 10.9. The topological polar surface area (TPSA) is 95.3 Å². The van der Waals surface area contributed by atoms with E-state index in [-0.39, 0.29) is 18.3 Å². The van der Waals surface area contributed by atoms with Crippen LogP contribution in [-0.2, 0) is 24.3 Å². The molecular weight excluding hydrogens is 536 g/mol. The lowest BCUT2D eigenvalue weighted by atomic mass is 10.1. The Morgan fingerprint density at radius 1 is 0.927 bits per heavy atom. The summed E-state index contributed by atoms with van der Waals surface area (Å²) in [6.45, 7) is 8.39. The highest BCUT2D eigenvalue weighted by Gasteiger charge is 2.18. The number of carbonyl (C=O) groups is 1. The Balaban J connectivity index is 0.00000462. The number of fused-ring (bicyclic) bond motifs is 2. The second-order valence-corrected chi connectivity index (χ2v) is 10.9. The van der Waals surface area contributed by atoms with E-state index in [0.29, 0.717) is 19.5 Å². The van der Waals surface area contributed by atoms with Crippen molar-refractivity contribution in [3.8, 4) is 0 Å². The maximum atomic E-state index is 12.9. The van der Waals surface area contributed by atoms with E-state index in [1.54, 1.807) is 0 Å². The van der Waals surface area contributed by atoms with Crippen LogP contribution in [0, 0.1) is 13.8 Å². The van der Waals surface area contributed by atoms with Crippen molar-refractivity contribution in [3.05, 3.63) is 59.4 Å². The van der Waals surface area contributed by atoms with Gasteiger partial charge in [0.2, 0.25) is 16.9 Å². The number of aromatic nitrogens is 3. The van der Waals surface area contributed by atoms with Gasteiger partial charge in [-0.2, -0.15) is 9.67 Å². The first-order valence-corrected chi connectivity index (χ1v) is 14.1. The number of pyridine rings is 1. The van der Waals surface area contributed by atoms with Crippen LogP contribution in [0.25, 0.3) is 21.8 Å². The van der Waals surface area contributed by atoms with Gasteiger partial charge in [0.25, 0.3) is 0 Å². The summed E-state index contributed by atoms with van der Waals surface area (Å²) in [5, 5.41) is 13.5. The number of benzene rings is 2. The van der Waals surface area contributed by atoms with Crippen molar-refractivity contribution in [3.63, 3.8) is 0 Å². The van der Waals surface area contributed by atoms with Crippen molar-refractivity contribution in [2.45, 2.75) is 39.8 Å². The summed E-state index contributed by atoms with van der Waals surface area (Å²) < 4.78 is 4.38. The summed E-state index contributed by atoms with van der Waals surface area (Å²) in [7, 11) is 8.27. The van der Waals surface area contributed by atoms with Crippen molar-refractivity contribution in [1.29, 1.82) is 0 Å². The van der Waals surface area contributed by atoms with Gasteiger partial charge < -0.3 is 38.6 Å². The lowest BCUT2D eigenvalue weighted by molar-refractivity contribution is -0.645. The van der Waals surface area contributed by atoms with E-state index in [1.165, 1.54) is 33.2 Å². The molecule has 0 aliphatic carbocycles. The summed E-state index contributed by atoms with van der Waals surface area (Å²) in [6, 6.07) is 15.5. The average molecular weight is 581 g/mol. The fraction of sp³-hybridized carbons (Fsp3) is 0.452. The van der Waals surface area contributed by atoms with Gasteiger partial charge in [-0.15, -0.1) is 0 Å². The quantitative estimate of drug-likeness (QED) is 0.112. The summed E-state index contributed by atoms with van der Waals surface area (Å²) >= 11 is 0. The number of nitrogens with one attached hydrogen (secondary N) is 2. The Hall–Kier alpha value is -3.40. The summed E-state index contributed by atoms with van der Waals surface area (Å²) in [5.41, 5.74) is 13.2. The molecule has 0 saturated carbocycles. The fourth-order valence-electron chi connectivity index (χ4n) is 5.18. The smallest absolute Gasteiger partial charge is 0.224 e. The molecular formula is C31H45ClN8O. The van der Waals surface area contributed by atoms with Crippen LogP contribution in [-0.4, -0.2) is 70.1 Å². The zero-order valence-electron chi connectivity index (χ0n) is 25.3. The van der Waals surface area contributed by atoms with Crippen LogP contribution in [0.2, 0.25) is 0 Å². The molecule has 0 bridgehead atoms. The van der Waals surface area contributed by atoms with Gasteiger partial charge in [0.1, 0.15) is 0 Å². The Labute approximate surface area is 250 Å². The lowest BCUT2D eigenvalue weighted by Gasteiger charge is -2.15. The highest BCUT2D eigenvalue weighted by molar-refractivity contribution is 5.91. The van der Waals surface area contributed by atoms with Crippen molar-refractivity contribution >= 4 is 39.1 Å². The summed E-state index contributed by atoms with van der Waals surface area (Å²) in [5.74, 6) is 0.0320. The minimum absolute atomic E-state index is 0. The van der Waals surface area contributed by atoms with Gasteiger partial charge in [-0.05, 0) is 44.2 Å². The third-order valence-electron chi connectivity index (χ3n) is 7.52. The van der Waals surface area contributed by atoms with Crippen LogP contribution in [0.1, 0.15) is 23.4 Å². The van der Waals surface area contributed by atoms with Gasteiger partial charge in [0.15, 0.2) is 6.54 Å². The van der Waals surface area contributed by atoms with Crippen LogP contribution >= 0.6 is 0 Å². The SMILES string of the molecule is Cc1nn(CCNCCN)c(C)c1CC(=O)NCCC[n+]1c2cc(N(C)C)ccc2cc2ccc(N(C)C)cc21.[Cl-]. The summed E-state index contributed by atoms with van der Waals surface area (Å²) in [6.07, 6.45) is 1.17. The zero-order valence-corrected chi connectivity index (χ0v) is 26.1. The van der Waals surface area contributed by atoms with E-state index in [2.05, 4.69) is 101 Å². The number of halogens is 1. The highest BCUT2D eigenvalue weighted by atomic mass is 35.5. The van der Waals surface area contributed by atoms with E-state index in [4.69, 9.17) is 5.73 Å². The van der Waals surface area contributed by atoms with Gasteiger partial charge in [-0.3, -0.25) is 9.48 Å². The third-order valence-corrected chi connectivity index (χ3v) is 7.52. The minimum atomic E-state index is 0. The molecule has 0 saturated heterocycles. The lowest BCUT2D eigenvalue weighted by Crippen LogP contribution is -3.00. The summed E-state index contributed by atoms with van der Waals surface area (Å²) in [4.78, 5) is 17.2. The normalized spacial score (nSPS) is 11.1. The van der Waals surface area contributed by atoms with Crippen LogP contribution in [0.4, 0.5) is 11.4 Å². The Morgan fingerprint density at radius 2 is 1.54 bits per heavy atom. The maximum Gasteiger partial charge on any atom is 0.224 e. The first-order valence-electron chi connectivity index (χ1n) is 14.1. The number of amides is 1. The number of hydrogen-bond acceptors (Lipinski definition) is 6. The molecule has 10 heteroatoms. The van der Waals surface area contributed by atoms with Crippen LogP contribution < -0.4 is 43.1 Å². The van der Waals surface area contributed by atoms with Gasteiger partial charge in [-0.1, -0.05) is 0 Å². The molecule has 222 valence electrons. The second kappa shape index (κ2) is 14.5. The maximum absolute atomic E-state index is 12.9. The molecule has 0 aliphatic rings. The number of nitrogens with two attached hydrogens (primary N) is 1. The van der Waals surface area contributed by atoms with Gasteiger partial charge in [0, 0.05) is 106 Å². The number of aryl methyl sites for hydroxylation is 2. The van der Waals surface area contributed by atoms with Crippen LogP contribution in [0.15, 0.2) is 42.5 Å². The molecule has 0 spiro atoms. The van der Waals surface area contributed by atoms with E-state index >= 15 is 0 Å². The number of carbonyl (C=O) groups excluding carboxylic acids is 1. The molecule has 0 fully saturated rings. The zero-order chi connectivity index (χ0) is 28.8. The first kappa shape index (κ1) is 32.1. The molecule has 0 unspecified atom stereocenters. The molecule has 9 nitrogen and oxygen atoms in total. The van der Waals surface area contributed by atoms with E-state index in [1.807, 2.05) is 18.5 Å². The number of nitrogens with zero attached hydrogens (tertiary/aromatic N) is 5. The first-order chi connectivity index (χ1) is 19.2. The molecule has 4 aromatic rings. The predicted molar refractivity (Wildman–Crippen MR) is 165 cm³/mol. The molecule has 4 rings (SSSR count). The molecule has 0 atom stereocenters. The molecule has 41 heavy (non-hydrogen) atoms. The monoisotopic (exact) mass is 580 g/mol. The van der Waals surface area contributed by atoms with Gasteiger partial charge >= 0.3 is 0 Å².